The number of carbonyl (C=O) groups excluding carboxylic acids is 2. The van der Waals surface area contributed by atoms with Crippen LogP contribution in [0.3, 0.4) is 0 Å². The Bertz CT molecular complexity index is 1090. The molecule has 7 N–H and O–H groups in total. The van der Waals surface area contributed by atoms with Gasteiger partial charge in [0.25, 0.3) is 5.91 Å². The lowest BCUT2D eigenvalue weighted by atomic mass is 10.1. The number of anilines is 1. The largest absolute Gasteiger partial charge is 0.790 e. The number of ether oxygens (including phenoxy) is 1. The van der Waals surface area contributed by atoms with E-state index in [0.29, 0.717) is 0 Å². The van der Waals surface area contributed by atoms with Crippen molar-refractivity contribution in [3.8, 4) is 0 Å². The van der Waals surface area contributed by atoms with Crippen LogP contribution in [0.2, 0.25) is 0 Å². The summed E-state index contributed by atoms with van der Waals surface area (Å²) in [5.41, 5.74) is 4.80. The Kier molecular flexibility index (Phi) is 10.6. The highest BCUT2D eigenvalue weighted by molar-refractivity contribution is 7.43. The van der Waals surface area contributed by atoms with Crippen molar-refractivity contribution >= 4 is 39.5 Å². The highest BCUT2D eigenvalue weighted by Gasteiger charge is 2.45. The molecule has 6 atom stereocenters. The zero-order chi connectivity index (χ0) is 28.1. The third-order valence-corrected chi connectivity index (χ3v) is 5.60. The van der Waals surface area contributed by atoms with Crippen LogP contribution in [0.5, 0.6) is 0 Å². The molecule has 1 aliphatic heterocycles. The lowest BCUT2D eigenvalue weighted by Crippen LogP contribution is -2.39. The summed E-state index contributed by atoms with van der Waals surface area (Å²) in [5, 5.41) is 42.0. The second-order valence-electron chi connectivity index (χ2n) is 7.34. The number of primary amides is 1. The number of nitrogens with two attached hydrogens (primary N) is 1. The first-order valence-corrected chi connectivity index (χ1v) is 12.8. The number of phosphoric acid groups is 2. The van der Waals surface area contributed by atoms with Crippen molar-refractivity contribution in [3.63, 3.8) is 0 Å². The molecule has 0 saturated carbocycles. The van der Waals surface area contributed by atoms with Crippen LogP contribution in [-0.2, 0) is 27.7 Å². The molecule has 1 fully saturated rings. The molecule has 22 heteroatoms. The minimum atomic E-state index is -5.45. The second kappa shape index (κ2) is 12.6. The standard InChI is InChI=1S/C15H25N5O15P2/c16-13(26)9-14(18-4-17-1-6(21)10(23)7(22)2-33-36(27,28)29)20(5-19-9)15-12(25)11(24)8(35-15)3-34-37(30,31)32/h4-5,7-8,10-12,15,22-25H,1-3H2,(H2,16,26)(H,17,18)(H2,27,28,29)(H2,30,31,32)/p-4/t7-,8-,10+,11-,12-,15-/m1/s1. The molecule has 1 saturated heterocycles. The Morgan fingerprint density at radius 3 is 2.41 bits per heavy atom. The van der Waals surface area contributed by atoms with Gasteiger partial charge in [0.1, 0.15) is 42.9 Å². The van der Waals surface area contributed by atoms with Gasteiger partial charge in [0.2, 0.25) is 0 Å². The molecule has 2 heterocycles. The van der Waals surface area contributed by atoms with E-state index < -0.39 is 89.5 Å². The molecule has 210 valence electrons. The van der Waals surface area contributed by atoms with Crippen LogP contribution in [-0.4, -0.2) is 98.3 Å². The number of ketones is 1. The molecule has 1 aromatic heterocycles. The number of aliphatic imine (C=N–C) groups is 1. The number of aliphatic hydroxyl groups excluding tert-OH is 4. The summed E-state index contributed by atoms with van der Waals surface area (Å²) in [6.07, 6.45) is -8.93. The van der Waals surface area contributed by atoms with Crippen molar-refractivity contribution in [2.24, 2.45) is 10.7 Å². The minimum Gasteiger partial charge on any atom is -0.790 e. The monoisotopic (exact) mass is 573 g/mol. The average Bonchev–Trinajstić information content (AvgIpc) is 3.33. The van der Waals surface area contributed by atoms with Gasteiger partial charge in [0, 0.05) is 0 Å². The van der Waals surface area contributed by atoms with Gasteiger partial charge >= 0.3 is 0 Å². The van der Waals surface area contributed by atoms with E-state index in [1.165, 1.54) is 0 Å². The maximum Gasteiger partial charge on any atom is 0.271 e. The predicted octanol–water partition coefficient (Wildman–Crippen LogP) is -6.98. The smallest absolute Gasteiger partial charge is 0.271 e. The molecular weight excluding hydrogens is 552 g/mol. The molecule has 1 amide bonds. The van der Waals surface area contributed by atoms with Crippen LogP contribution in [0.1, 0.15) is 16.7 Å². The van der Waals surface area contributed by atoms with Crippen molar-refractivity contribution in [1.29, 1.82) is 0 Å². The number of Topliss-reactive ketones (excluding diaryl/α,β-unsaturated/α-hetero) is 1. The molecule has 2 rings (SSSR count). The summed E-state index contributed by atoms with van der Waals surface area (Å²) < 4.78 is 35.2. The first-order valence-electron chi connectivity index (χ1n) is 9.87. The second-order valence-corrected chi connectivity index (χ2v) is 9.64. The van der Waals surface area contributed by atoms with Crippen molar-refractivity contribution < 1.29 is 72.5 Å². The van der Waals surface area contributed by atoms with Crippen LogP contribution in [0, 0.1) is 0 Å². The first-order chi connectivity index (χ1) is 17.0. The number of imidazole rings is 1. The molecule has 0 aliphatic carbocycles. The molecule has 1 aliphatic rings. The van der Waals surface area contributed by atoms with E-state index in [1.807, 2.05) is 0 Å². The molecule has 0 unspecified atom stereocenters. The molecule has 0 spiro atoms. The average molecular weight is 573 g/mol. The Morgan fingerprint density at radius 2 is 1.84 bits per heavy atom. The maximum atomic E-state index is 11.9. The molecule has 0 radical (unpaired) electrons. The lowest BCUT2D eigenvalue weighted by molar-refractivity contribution is -0.345. The van der Waals surface area contributed by atoms with E-state index in [2.05, 4.69) is 24.3 Å². The summed E-state index contributed by atoms with van der Waals surface area (Å²) in [5.74, 6) is -2.49. The van der Waals surface area contributed by atoms with E-state index in [4.69, 9.17) is 10.5 Å². The van der Waals surface area contributed by atoms with Crippen LogP contribution < -0.4 is 30.6 Å². The van der Waals surface area contributed by atoms with E-state index in [9.17, 15) is 58.7 Å². The van der Waals surface area contributed by atoms with E-state index in [-0.39, 0.29) is 5.82 Å². The number of nitrogens with zero attached hydrogens (tertiary/aromatic N) is 3. The summed E-state index contributed by atoms with van der Waals surface area (Å²) in [6.45, 7) is -2.91. The van der Waals surface area contributed by atoms with E-state index >= 15 is 0 Å². The van der Waals surface area contributed by atoms with Gasteiger partial charge in [-0.3, -0.25) is 19.1 Å². The summed E-state index contributed by atoms with van der Waals surface area (Å²) in [6, 6.07) is 0. The van der Waals surface area contributed by atoms with Crippen molar-refractivity contribution in [2.45, 2.75) is 36.7 Å². The molecule has 1 aromatic rings. The summed E-state index contributed by atoms with van der Waals surface area (Å²) >= 11 is 0. The lowest BCUT2D eigenvalue weighted by Gasteiger charge is -2.30. The Labute approximate surface area is 206 Å². The Morgan fingerprint density at radius 1 is 1.22 bits per heavy atom. The first kappa shape index (κ1) is 31.1. The van der Waals surface area contributed by atoms with Gasteiger partial charge in [-0.1, -0.05) is 0 Å². The topological polar surface area (TPSA) is 337 Å². The Balaban J connectivity index is 2.09. The number of aliphatic hydroxyl groups is 4. The van der Waals surface area contributed by atoms with Crippen molar-refractivity contribution in [2.75, 3.05) is 25.1 Å². The number of amides is 1. The zero-order valence-corrected chi connectivity index (χ0v) is 20.1. The van der Waals surface area contributed by atoms with Crippen LogP contribution in [0.25, 0.3) is 0 Å². The van der Waals surface area contributed by atoms with Crippen LogP contribution in [0.4, 0.5) is 5.82 Å². The molecule has 20 nitrogen and oxygen atoms in total. The normalized spacial score (nSPS) is 24.3. The van der Waals surface area contributed by atoms with Gasteiger partial charge in [0.15, 0.2) is 17.7 Å². The fourth-order valence-electron chi connectivity index (χ4n) is 2.95. The summed E-state index contributed by atoms with van der Waals surface area (Å²) in [4.78, 5) is 73.0. The van der Waals surface area contributed by atoms with E-state index in [0.717, 1.165) is 17.2 Å². The molecule has 37 heavy (non-hydrogen) atoms. The van der Waals surface area contributed by atoms with Crippen LogP contribution in [0.15, 0.2) is 11.3 Å². The summed E-state index contributed by atoms with van der Waals surface area (Å²) in [7, 11) is -10.9. The van der Waals surface area contributed by atoms with Gasteiger partial charge in [0.05, 0.1) is 41.5 Å². The quantitative estimate of drug-likeness (QED) is 0.0683. The SMILES string of the molecule is NC(=O)c1ncn([C@@H]2O[C@H](COP(=O)([O-])[O-])[C@@H](O)[C@H]2O)c1NC=NCC(=O)[C@H](O)[C@H](O)COP(=O)([O-])[O-]. The highest BCUT2D eigenvalue weighted by Crippen LogP contribution is 2.35. The zero-order valence-electron chi connectivity index (χ0n) is 18.3. The van der Waals surface area contributed by atoms with Crippen molar-refractivity contribution in [3.05, 3.63) is 12.0 Å². The molecule has 0 aromatic carbocycles. The molecule has 0 bridgehead atoms. The van der Waals surface area contributed by atoms with Gasteiger partial charge in [-0.2, -0.15) is 0 Å². The van der Waals surface area contributed by atoms with Gasteiger partial charge in [-0.25, -0.2) is 4.98 Å². The van der Waals surface area contributed by atoms with Crippen molar-refractivity contribution in [1.82, 2.24) is 9.55 Å². The maximum absolute atomic E-state index is 11.9. The highest BCUT2D eigenvalue weighted by atomic mass is 31.2. The van der Waals surface area contributed by atoms with Gasteiger partial charge < -0.3 is 74.0 Å². The van der Waals surface area contributed by atoms with E-state index in [1.54, 1.807) is 0 Å². The number of hydrogen-bond donors (Lipinski definition) is 6. The number of rotatable bonds is 14. The fourth-order valence-corrected chi connectivity index (χ4v) is 3.61. The third kappa shape index (κ3) is 8.97. The van der Waals surface area contributed by atoms with Gasteiger partial charge in [-0.05, 0) is 0 Å². The molecular formula is C15H21N5O15P2-4. The Hall–Kier alpha value is -2.16. The number of aromatic nitrogens is 2. The fraction of sp³-hybridized carbons (Fsp3) is 0.600. The minimum absolute atomic E-state index is 0.282. The number of carbonyl (C=O) groups is 2. The van der Waals surface area contributed by atoms with Gasteiger partial charge in [-0.15, -0.1) is 0 Å². The predicted molar refractivity (Wildman–Crippen MR) is 108 cm³/mol. The number of nitrogens with one attached hydrogen (secondary N) is 1. The number of hydrogen-bond acceptors (Lipinski definition) is 17. The number of phosphoric ester groups is 2. The van der Waals surface area contributed by atoms with Crippen LogP contribution >= 0.6 is 15.6 Å². The third-order valence-electron chi connectivity index (χ3n) is 4.67.